The Balaban J connectivity index is 2.27. The van der Waals surface area contributed by atoms with Gasteiger partial charge < -0.3 is 14.8 Å². The van der Waals surface area contributed by atoms with Gasteiger partial charge in [0.05, 0.1) is 36.5 Å². The number of esters is 2. The van der Waals surface area contributed by atoms with Gasteiger partial charge in [-0.15, -0.1) is 0 Å². The highest BCUT2D eigenvalue weighted by atomic mass is 16.6. The first-order valence-corrected chi connectivity index (χ1v) is 8.67. The van der Waals surface area contributed by atoms with Crippen molar-refractivity contribution in [3.05, 3.63) is 46.3 Å². The van der Waals surface area contributed by atoms with Gasteiger partial charge in [0, 0.05) is 5.70 Å². The van der Waals surface area contributed by atoms with Gasteiger partial charge in [0.1, 0.15) is 11.0 Å². The number of aldehydes is 1. The zero-order chi connectivity index (χ0) is 20.3. The fraction of sp³-hybridized carbons (Fsp3) is 0.316. The summed E-state index contributed by atoms with van der Waals surface area (Å²) in [5.41, 5.74) is 1.88. The third-order valence-electron chi connectivity index (χ3n) is 4.40. The van der Waals surface area contributed by atoms with Crippen LogP contribution in [0.2, 0.25) is 0 Å². The Bertz CT molecular complexity index is 1000. The molecule has 1 N–H and O–H groups in total. The highest BCUT2D eigenvalue weighted by molar-refractivity contribution is 6.04. The zero-order valence-corrected chi connectivity index (χ0v) is 15.6. The van der Waals surface area contributed by atoms with Crippen LogP contribution < -0.4 is 5.32 Å². The Hall–Kier alpha value is -3.49. The van der Waals surface area contributed by atoms with Crippen LogP contribution in [-0.4, -0.2) is 42.3 Å². The lowest BCUT2D eigenvalue weighted by Gasteiger charge is -2.29. The van der Waals surface area contributed by atoms with E-state index in [-0.39, 0.29) is 23.5 Å². The number of allylic oxidation sites excluding steroid dienone is 2. The molecule has 1 atom stereocenters. The lowest BCUT2D eigenvalue weighted by molar-refractivity contribution is -0.139. The van der Waals surface area contributed by atoms with Crippen LogP contribution in [0.15, 0.2) is 45.4 Å². The summed E-state index contributed by atoms with van der Waals surface area (Å²) in [6.07, 6.45) is 1.13. The Morgan fingerprint density at radius 3 is 2.71 bits per heavy atom. The second-order valence-electron chi connectivity index (χ2n) is 6.15. The molecule has 0 bridgehead atoms. The van der Waals surface area contributed by atoms with Crippen LogP contribution in [0.25, 0.3) is 11.0 Å². The van der Waals surface area contributed by atoms with E-state index in [2.05, 4.69) is 15.6 Å². The number of fused-ring (bicyclic) bond motifs is 1. The molecule has 0 radical (unpaired) electrons. The first-order valence-electron chi connectivity index (χ1n) is 8.67. The summed E-state index contributed by atoms with van der Waals surface area (Å²) in [7, 11) is 1.24. The summed E-state index contributed by atoms with van der Waals surface area (Å²) in [6, 6.07) is 5.07. The highest BCUT2D eigenvalue weighted by Crippen LogP contribution is 2.41. The van der Waals surface area contributed by atoms with Crippen LogP contribution in [0.3, 0.4) is 0 Å². The molecule has 2 heterocycles. The first-order chi connectivity index (χ1) is 13.5. The molecule has 1 aromatic heterocycles. The third-order valence-corrected chi connectivity index (χ3v) is 4.40. The largest absolute Gasteiger partial charge is 0.466 e. The predicted octanol–water partition coefficient (Wildman–Crippen LogP) is 1.76. The van der Waals surface area contributed by atoms with Crippen LogP contribution >= 0.6 is 0 Å². The number of rotatable bonds is 6. The third kappa shape index (κ3) is 3.26. The quantitative estimate of drug-likeness (QED) is 0.585. The second kappa shape index (κ2) is 8.03. The molecule has 1 aromatic carbocycles. The molecule has 0 fully saturated rings. The number of dihydropyridines is 1. The Morgan fingerprint density at radius 2 is 2.04 bits per heavy atom. The summed E-state index contributed by atoms with van der Waals surface area (Å²) in [5.74, 6) is -2.29. The number of nitrogens with one attached hydrogen (secondary N) is 1. The van der Waals surface area contributed by atoms with Gasteiger partial charge in [0.15, 0.2) is 6.29 Å². The van der Waals surface area contributed by atoms with Gasteiger partial charge in [-0.3, -0.25) is 4.79 Å². The molecule has 0 spiro atoms. The Kier molecular flexibility index (Phi) is 5.53. The number of hydrogen-bond donors (Lipinski definition) is 1. The monoisotopic (exact) mass is 385 g/mol. The van der Waals surface area contributed by atoms with Gasteiger partial charge >= 0.3 is 11.9 Å². The van der Waals surface area contributed by atoms with Crippen molar-refractivity contribution < 1.29 is 28.5 Å². The van der Waals surface area contributed by atoms with Crippen molar-refractivity contribution in [1.29, 1.82) is 0 Å². The molecule has 1 unspecified atom stereocenters. The lowest BCUT2D eigenvalue weighted by atomic mass is 9.80. The van der Waals surface area contributed by atoms with E-state index in [0.717, 1.165) is 0 Å². The fourth-order valence-electron chi connectivity index (χ4n) is 3.20. The zero-order valence-electron chi connectivity index (χ0n) is 15.6. The molecule has 2 aromatic rings. The SMILES string of the molecule is CCCOC(=O)C1=C(C=O)NC(C)=C(C(=O)OC)C1c1cccc2nonc12. The second-order valence-corrected chi connectivity index (χ2v) is 6.15. The molecule has 0 aliphatic carbocycles. The van der Waals surface area contributed by atoms with Crippen LogP contribution in [0, 0.1) is 0 Å². The first kappa shape index (κ1) is 19.3. The number of methoxy groups -OCH3 is 1. The molecule has 1 aliphatic rings. The van der Waals surface area contributed by atoms with Crippen LogP contribution in [0.4, 0.5) is 0 Å². The van der Waals surface area contributed by atoms with Crippen molar-refractivity contribution in [2.75, 3.05) is 13.7 Å². The van der Waals surface area contributed by atoms with Crippen molar-refractivity contribution in [3.8, 4) is 0 Å². The lowest BCUT2D eigenvalue weighted by Crippen LogP contribution is -2.33. The topological polar surface area (TPSA) is 121 Å². The predicted molar refractivity (Wildman–Crippen MR) is 96.7 cm³/mol. The van der Waals surface area contributed by atoms with Gasteiger partial charge in [0.2, 0.25) is 0 Å². The molecular formula is C19H19N3O6. The van der Waals surface area contributed by atoms with Crippen LogP contribution in [-0.2, 0) is 23.9 Å². The molecule has 28 heavy (non-hydrogen) atoms. The molecule has 9 heteroatoms. The fourth-order valence-corrected chi connectivity index (χ4v) is 3.20. The highest BCUT2D eigenvalue weighted by Gasteiger charge is 2.40. The summed E-state index contributed by atoms with van der Waals surface area (Å²) in [5, 5.41) is 10.5. The van der Waals surface area contributed by atoms with Crippen molar-refractivity contribution in [2.24, 2.45) is 0 Å². The molecule has 0 amide bonds. The number of benzene rings is 1. The minimum absolute atomic E-state index is 0.00458. The number of carbonyl (C=O) groups is 3. The van der Waals surface area contributed by atoms with Gasteiger partial charge in [-0.2, -0.15) is 0 Å². The van der Waals surface area contributed by atoms with Gasteiger partial charge in [0.25, 0.3) is 0 Å². The molecule has 0 saturated carbocycles. The number of aromatic nitrogens is 2. The summed E-state index contributed by atoms with van der Waals surface area (Å²) >= 11 is 0. The number of hydrogen-bond acceptors (Lipinski definition) is 9. The van der Waals surface area contributed by atoms with E-state index in [0.29, 0.717) is 35.0 Å². The van der Waals surface area contributed by atoms with Gasteiger partial charge in [-0.25, -0.2) is 14.2 Å². The molecule has 3 rings (SSSR count). The van der Waals surface area contributed by atoms with Crippen molar-refractivity contribution >= 4 is 29.3 Å². The minimum atomic E-state index is -0.936. The summed E-state index contributed by atoms with van der Waals surface area (Å²) in [6.45, 7) is 3.65. The van der Waals surface area contributed by atoms with E-state index in [9.17, 15) is 14.4 Å². The van der Waals surface area contributed by atoms with E-state index in [1.165, 1.54) is 7.11 Å². The normalized spacial score (nSPS) is 16.8. The smallest absolute Gasteiger partial charge is 0.337 e. The van der Waals surface area contributed by atoms with Crippen molar-refractivity contribution in [2.45, 2.75) is 26.2 Å². The maximum Gasteiger partial charge on any atom is 0.337 e. The van der Waals surface area contributed by atoms with Crippen LogP contribution in [0.1, 0.15) is 31.7 Å². The Morgan fingerprint density at radius 1 is 1.25 bits per heavy atom. The van der Waals surface area contributed by atoms with Crippen LogP contribution in [0.5, 0.6) is 0 Å². The molecule has 146 valence electrons. The summed E-state index contributed by atoms with van der Waals surface area (Å²) < 4.78 is 15.0. The average molecular weight is 385 g/mol. The number of carbonyl (C=O) groups excluding carboxylic acids is 3. The molecule has 1 aliphatic heterocycles. The number of nitrogens with zero attached hydrogens (tertiary/aromatic N) is 2. The van der Waals surface area contributed by atoms with Gasteiger partial charge in [-0.05, 0) is 35.3 Å². The maximum absolute atomic E-state index is 12.8. The van der Waals surface area contributed by atoms with E-state index >= 15 is 0 Å². The summed E-state index contributed by atoms with van der Waals surface area (Å²) in [4.78, 5) is 37.1. The minimum Gasteiger partial charge on any atom is -0.466 e. The maximum atomic E-state index is 12.8. The standard InChI is InChI=1S/C19H19N3O6/c1-4-8-27-19(25)16-13(9-23)20-10(2)14(18(24)26-3)15(16)11-6-5-7-12-17(11)22-28-21-12/h5-7,9,15,20H,4,8H2,1-3H3. The Labute approximate surface area is 160 Å². The van der Waals surface area contributed by atoms with E-state index in [1.54, 1.807) is 25.1 Å². The van der Waals surface area contributed by atoms with E-state index in [4.69, 9.17) is 14.1 Å². The van der Waals surface area contributed by atoms with Crippen molar-refractivity contribution in [1.82, 2.24) is 15.6 Å². The van der Waals surface area contributed by atoms with E-state index < -0.39 is 17.9 Å². The molecule has 9 nitrogen and oxygen atoms in total. The average Bonchev–Trinajstić information content (AvgIpc) is 3.19. The molecule has 0 saturated heterocycles. The van der Waals surface area contributed by atoms with E-state index in [1.807, 2.05) is 6.92 Å². The number of ether oxygens (including phenoxy) is 2. The molecular weight excluding hydrogens is 366 g/mol. The van der Waals surface area contributed by atoms with Crippen molar-refractivity contribution in [3.63, 3.8) is 0 Å². The van der Waals surface area contributed by atoms with Gasteiger partial charge in [-0.1, -0.05) is 19.1 Å².